The van der Waals surface area contributed by atoms with Crippen molar-refractivity contribution >= 4 is 15.9 Å². The average molecular weight is 339 g/mol. The Kier molecular flexibility index (Phi) is 5.78. The van der Waals surface area contributed by atoms with Gasteiger partial charge in [-0.15, -0.1) is 0 Å². The fourth-order valence-electron chi connectivity index (χ4n) is 3.19. The van der Waals surface area contributed by atoms with E-state index in [9.17, 15) is 13.2 Å². The van der Waals surface area contributed by atoms with E-state index >= 15 is 0 Å². The van der Waals surface area contributed by atoms with Crippen LogP contribution in [-0.2, 0) is 10.0 Å². The van der Waals surface area contributed by atoms with Gasteiger partial charge < -0.3 is 10.6 Å². The molecule has 0 spiro atoms. The number of hydrogen-bond donors (Lipinski definition) is 2. The molecule has 1 aliphatic heterocycles. The molecule has 1 amide bonds. The minimum Gasteiger partial charge on any atom is -0.366 e. The highest BCUT2D eigenvalue weighted by molar-refractivity contribution is 7.89. The van der Waals surface area contributed by atoms with Gasteiger partial charge in [-0.25, -0.2) is 13.1 Å². The molecule has 1 saturated heterocycles. The normalized spacial score (nSPS) is 22.9. The summed E-state index contributed by atoms with van der Waals surface area (Å²) in [6, 6.07) is 5.64. The minimum atomic E-state index is -3.56. The first kappa shape index (κ1) is 17.9. The second kappa shape index (κ2) is 7.42. The lowest BCUT2D eigenvalue weighted by atomic mass is 9.92. The van der Waals surface area contributed by atoms with Crippen LogP contribution in [0.5, 0.6) is 0 Å². The van der Waals surface area contributed by atoms with Gasteiger partial charge in [0, 0.05) is 31.7 Å². The molecule has 1 heterocycles. The van der Waals surface area contributed by atoms with Gasteiger partial charge in [-0.2, -0.15) is 0 Å². The largest absolute Gasteiger partial charge is 0.366 e. The van der Waals surface area contributed by atoms with Gasteiger partial charge in [-0.3, -0.25) is 4.79 Å². The van der Waals surface area contributed by atoms with Crippen molar-refractivity contribution in [2.45, 2.75) is 25.2 Å². The smallest absolute Gasteiger partial charge is 0.248 e. The van der Waals surface area contributed by atoms with Crippen molar-refractivity contribution in [3.05, 3.63) is 29.8 Å². The maximum Gasteiger partial charge on any atom is 0.248 e. The first-order valence-electron chi connectivity index (χ1n) is 7.90. The molecule has 0 aliphatic carbocycles. The Morgan fingerprint density at radius 1 is 1.22 bits per heavy atom. The highest BCUT2D eigenvalue weighted by Crippen LogP contribution is 2.20. The van der Waals surface area contributed by atoms with Crippen LogP contribution in [0.4, 0.5) is 0 Å². The topological polar surface area (TPSA) is 92.5 Å². The fraction of sp³-hybridized carbons (Fsp3) is 0.562. The number of nitrogens with two attached hydrogens (primary N) is 1. The van der Waals surface area contributed by atoms with Crippen LogP contribution in [0.3, 0.4) is 0 Å². The van der Waals surface area contributed by atoms with E-state index in [2.05, 4.69) is 23.5 Å². The average Bonchev–Trinajstić information content (AvgIpc) is 2.46. The standard InChI is InChI=1S/C16H25N3O3S/c1-12-9-13(2)11-19(10-12)8-7-18-23(21,22)15-5-3-14(4-6-15)16(17)20/h3-6,12-13,18H,7-11H2,1-2H3,(H2,17,20)/t12-,13-/m0/s1. The van der Waals surface area contributed by atoms with Gasteiger partial charge in [0.15, 0.2) is 0 Å². The summed E-state index contributed by atoms with van der Waals surface area (Å²) in [6.07, 6.45) is 1.23. The van der Waals surface area contributed by atoms with Gasteiger partial charge in [-0.05, 0) is 42.5 Å². The summed E-state index contributed by atoms with van der Waals surface area (Å²) in [5.41, 5.74) is 5.44. The van der Waals surface area contributed by atoms with Crippen molar-refractivity contribution in [2.24, 2.45) is 17.6 Å². The Hall–Kier alpha value is -1.44. The Labute approximate surface area is 138 Å². The van der Waals surface area contributed by atoms with Crippen LogP contribution in [0.2, 0.25) is 0 Å². The summed E-state index contributed by atoms with van der Waals surface area (Å²) >= 11 is 0. The van der Waals surface area contributed by atoms with E-state index < -0.39 is 15.9 Å². The molecule has 128 valence electrons. The van der Waals surface area contributed by atoms with Gasteiger partial charge >= 0.3 is 0 Å². The third-order valence-corrected chi connectivity index (χ3v) is 5.59. The van der Waals surface area contributed by atoms with E-state index in [-0.39, 0.29) is 4.90 Å². The van der Waals surface area contributed by atoms with Crippen molar-refractivity contribution in [1.29, 1.82) is 0 Å². The van der Waals surface area contributed by atoms with Gasteiger partial charge in [0.1, 0.15) is 0 Å². The van der Waals surface area contributed by atoms with Crippen molar-refractivity contribution in [1.82, 2.24) is 9.62 Å². The van der Waals surface area contributed by atoms with Crippen molar-refractivity contribution in [3.8, 4) is 0 Å². The second-order valence-electron chi connectivity index (χ2n) is 6.49. The van der Waals surface area contributed by atoms with Gasteiger partial charge in [0.2, 0.25) is 15.9 Å². The third kappa shape index (κ3) is 5.02. The zero-order valence-electron chi connectivity index (χ0n) is 13.7. The second-order valence-corrected chi connectivity index (χ2v) is 8.26. The van der Waals surface area contributed by atoms with Crippen molar-refractivity contribution in [3.63, 3.8) is 0 Å². The van der Waals surface area contributed by atoms with Crippen LogP contribution in [0.25, 0.3) is 0 Å². The molecule has 23 heavy (non-hydrogen) atoms. The molecule has 3 N–H and O–H groups in total. The molecule has 7 heteroatoms. The molecular weight excluding hydrogens is 314 g/mol. The van der Waals surface area contributed by atoms with E-state index in [4.69, 9.17) is 5.73 Å². The molecule has 1 aliphatic rings. The molecule has 0 unspecified atom stereocenters. The Morgan fingerprint density at radius 2 is 1.78 bits per heavy atom. The molecule has 1 aromatic rings. The number of sulfonamides is 1. The molecule has 0 bridgehead atoms. The van der Waals surface area contributed by atoms with E-state index in [1.165, 1.54) is 30.7 Å². The molecule has 2 atom stereocenters. The first-order chi connectivity index (χ1) is 10.8. The number of carbonyl (C=O) groups excluding carboxylic acids is 1. The lowest BCUT2D eigenvalue weighted by Gasteiger charge is -2.34. The maximum absolute atomic E-state index is 12.2. The number of carbonyl (C=O) groups is 1. The van der Waals surface area contributed by atoms with Crippen molar-refractivity contribution in [2.75, 3.05) is 26.2 Å². The third-order valence-electron chi connectivity index (χ3n) is 4.11. The highest BCUT2D eigenvalue weighted by Gasteiger charge is 2.22. The zero-order chi connectivity index (χ0) is 17.0. The summed E-state index contributed by atoms with van der Waals surface area (Å²) in [6.45, 7) is 7.56. The number of hydrogen-bond acceptors (Lipinski definition) is 4. The monoisotopic (exact) mass is 339 g/mol. The first-order valence-corrected chi connectivity index (χ1v) is 9.38. The van der Waals surface area contributed by atoms with Crippen LogP contribution >= 0.6 is 0 Å². The molecule has 6 nitrogen and oxygen atoms in total. The molecule has 2 rings (SSSR count). The SMILES string of the molecule is C[C@H]1C[C@H](C)CN(CCNS(=O)(=O)c2ccc(C(N)=O)cc2)C1. The maximum atomic E-state index is 12.2. The summed E-state index contributed by atoms with van der Waals surface area (Å²) in [4.78, 5) is 13.5. The minimum absolute atomic E-state index is 0.142. The predicted octanol–water partition coefficient (Wildman–Crippen LogP) is 1.04. The van der Waals surface area contributed by atoms with Gasteiger partial charge in [0.05, 0.1) is 4.90 Å². The Balaban J connectivity index is 1.90. The molecule has 0 radical (unpaired) electrons. The quantitative estimate of drug-likeness (QED) is 0.810. The van der Waals surface area contributed by atoms with Crippen molar-refractivity contribution < 1.29 is 13.2 Å². The Bertz CT molecular complexity index is 633. The molecule has 1 aromatic carbocycles. The number of primary amides is 1. The summed E-state index contributed by atoms with van der Waals surface area (Å²) < 4.78 is 27.1. The molecule has 0 saturated carbocycles. The van der Waals surface area contributed by atoms with E-state index in [0.29, 0.717) is 30.5 Å². The molecular formula is C16H25N3O3S. The predicted molar refractivity (Wildman–Crippen MR) is 89.5 cm³/mol. The number of nitrogens with zero attached hydrogens (tertiary/aromatic N) is 1. The van der Waals surface area contributed by atoms with Crippen LogP contribution in [0.15, 0.2) is 29.2 Å². The van der Waals surface area contributed by atoms with E-state index in [0.717, 1.165) is 13.1 Å². The van der Waals surface area contributed by atoms with Crippen LogP contribution in [0.1, 0.15) is 30.6 Å². The molecule has 0 aromatic heterocycles. The van der Waals surface area contributed by atoms with E-state index in [1.54, 1.807) is 0 Å². The lowest BCUT2D eigenvalue weighted by molar-refractivity contribution is 0.1000. The van der Waals surface area contributed by atoms with Gasteiger partial charge in [-0.1, -0.05) is 13.8 Å². The lowest BCUT2D eigenvalue weighted by Crippen LogP contribution is -2.42. The molecule has 1 fully saturated rings. The fourth-order valence-corrected chi connectivity index (χ4v) is 4.22. The Morgan fingerprint density at radius 3 is 2.30 bits per heavy atom. The number of nitrogens with one attached hydrogen (secondary N) is 1. The van der Waals surface area contributed by atoms with Gasteiger partial charge in [0.25, 0.3) is 0 Å². The van der Waals surface area contributed by atoms with Crippen LogP contribution in [-0.4, -0.2) is 45.4 Å². The number of piperidine rings is 1. The van der Waals surface area contributed by atoms with Crippen LogP contribution in [0, 0.1) is 11.8 Å². The number of rotatable bonds is 6. The summed E-state index contributed by atoms with van der Waals surface area (Å²) in [5, 5.41) is 0. The van der Waals surface area contributed by atoms with E-state index in [1.807, 2.05) is 0 Å². The van der Waals surface area contributed by atoms with Crippen LogP contribution < -0.4 is 10.5 Å². The number of benzene rings is 1. The number of amides is 1. The summed E-state index contributed by atoms with van der Waals surface area (Å²) in [7, 11) is -3.56. The summed E-state index contributed by atoms with van der Waals surface area (Å²) in [5.74, 6) is 0.726. The highest BCUT2D eigenvalue weighted by atomic mass is 32.2. The number of likely N-dealkylation sites (tertiary alicyclic amines) is 1. The zero-order valence-corrected chi connectivity index (χ0v) is 14.5.